The van der Waals surface area contributed by atoms with Crippen molar-refractivity contribution in [3.05, 3.63) is 55.6 Å². The van der Waals surface area contributed by atoms with Gasteiger partial charge >= 0.3 is 0 Å². The molecule has 0 aliphatic heterocycles. The largest absolute Gasteiger partial charge is 0.483 e. The van der Waals surface area contributed by atoms with Gasteiger partial charge in [0.15, 0.2) is 11.4 Å². The Hall–Kier alpha value is -2.41. The van der Waals surface area contributed by atoms with Crippen molar-refractivity contribution < 1.29 is 14.3 Å². The lowest BCUT2D eigenvalue weighted by Gasteiger charge is -2.20. The molecule has 3 heterocycles. The first kappa shape index (κ1) is 23.3. The molecule has 0 radical (unpaired) electrons. The number of rotatable bonds is 7. The highest BCUT2D eigenvalue weighted by Gasteiger charge is 2.24. The Labute approximate surface area is 202 Å². The highest BCUT2D eigenvalue weighted by atomic mass is 127. The summed E-state index contributed by atoms with van der Waals surface area (Å²) in [5.41, 5.74) is 7.62. The number of nitrogens with two attached hydrogens (primary N) is 1. The minimum atomic E-state index is -0.419. The van der Waals surface area contributed by atoms with Crippen LogP contribution in [0.3, 0.4) is 0 Å². The summed E-state index contributed by atoms with van der Waals surface area (Å²) in [6.45, 7) is 2.11. The van der Waals surface area contributed by atoms with Crippen molar-refractivity contribution in [2.75, 3.05) is 19.9 Å². The van der Waals surface area contributed by atoms with Crippen LogP contribution in [0.25, 0.3) is 0 Å². The van der Waals surface area contributed by atoms with E-state index in [-0.39, 0.29) is 18.1 Å². The summed E-state index contributed by atoms with van der Waals surface area (Å²) in [5.74, 6) is 1.03. The van der Waals surface area contributed by atoms with E-state index in [0.29, 0.717) is 27.6 Å². The van der Waals surface area contributed by atoms with E-state index >= 15 is 0 Å². The van der Waals surface area contributed by atoms with Gasteiger partial charge in [-0.25, -0.2) is 14.6 Å². The van der Waals surface area contributed by atoms with E-state index in [1.165, 1.54) is 4.90 Å². The van der Waals surface area contributed by atoms with Crippen LogP contribution in [0.1, 0.15) is 34.8 Å². The number of hydrogen-bond acceptors (Lipinski definition) is 7. The summed E-state index contributed by atoms with van der Waals surface area (Å²) < 4.78 is 14.6. The van der Waals surface area contributed by atoms with Crippen LogP contribution < -0.4 is 15.2 Å². The number of anilines is 1. The zero-order valence-corrected chi connectivity index (χ0v) is 21.2. The first-order valence-corrected chi connectivity index (χ1v) is 11.1. The van der Waals surface area contributed by atoms with Crippen LogP contribution >= 0.6 is 38.5 Å². The number of aryl methyl sites for hydroxylation is 1. The molecule has 0 bridgehead atoms. The number of carbonyl (C=O) groups excluding carboxylic acids is 1. The van der Waals surface area contributed by atoms with E-state index in [1.54, 1.807) is 50.4 Å². The number of carbonyl (C=O) groups is 1. The van der Waals surface area contributed by atoms with Crippen LogP contribution in [0.4, 0.5) is 5.82 Å². The molecule has 0 fully saturated rings. The molecular formula is C20H22BrIN6O3. The normalized spacial score (nSPS) is 11.8. The number of methoxy groups -OCH3 is 1. The standard InChI is InChI=1S/C20H22BrIN6O3/c1-11(13-8-12(22)9-25-18(13)23)31-15-6-5-7-24-17(15)19(29)27(2)10-14-16(21)20(30-4)28(3)26-14/h5-9,11H,10H2,1-4H3,(H2,23,25). The third kappa shape index (κ3) is 5.09. The van der Waals surface area contributed by atoms with Gasteiger partial charge in [0.1, 0.15) is 22.1 Å². The van der Waals surface area contributed by atoms with Crippen molar-refractivity contribution in [1.29, 1.82) is 0 Å². The molecule has 0 aliphatic carbocycles. The fourth-order valence-electron chi connectivity index (χ4n) is 3.03. The summed E-state index contributed by atoms with van der Waals surface area (Å²) in [7, 11) is 5.01. The fraction of sp³-hybridized carbons (Fsp3) is 0.300. The second-order valence-electron chi connectivity index (χ2n) is 6.79. The second kappa shape index (κ2) is 9.81. The molecule has 1 amide bonds. The van der Waals surface area contributed by atoms with Gasteiger partial charge < -0.3 is 20.1 Å². The topological polar surface area (TPSA) is 108 Å². The van der Waals surface area contributed by atoms with Crippen molar-refractivity contribution in [3.63, 3.8) is 0 Å². The Balaban J connectivity index is 1.82. The lowest BCUT2D eigenvalue weighted by Crippen LogP contribution is -2.28. The molecule has 0 spiro atoms. The van der Waals surface area contributed by atoms with Gasteiger partial charge in [-0.2, -0.15) is 5.10 Å². The Bertz CT molecular complexity index is 1110. The predicted octanol–water partition coefficient (Wildman–Crippen LogP) is 3.58. The maximum absolute atomic E-state index is 13.1. The van der Waals surface area contributed by atoms with Gasteiger partial charge in [0.05, 0.1) is 13.7 Å². The maximum atomic E-state index is 13.1. The monoisotopic (exact) mass is 600 g/mol. The van der Waals surface area contributed by atoms with E-state index in [9.17, 15) is 4.79 Å². The number of pyridine rings is 2. The van der Waals surface area contributed by atoms with Gasteiger partial charge in [0.25, 0.3) is 5.91 Å². The quantitative estimate of drug-likeness (QED) is 0.413. The summed E-state index contributed by atoms with van der Waals surface area (Å²) in [6.07, 6.45) is 2.82. The molecule has 164 valence electrons. The summed E-state index contributed by atoms with van der Waals surface area (Å²) in [4.78, 5) is 23.1. The van der Waals surface area contributed by atoms with Crippen molar-refractivity contribution in [2.45, 2.75) is 19.6 Å². The van der Waals surface area contributed by atoms with Crippen LogP contribution in [0.2, 0.25) is 0 Å². The third-order valence-corrected chi connectivity index (χ3v) is 5.95. The fourth-order valence-corrected chi connectivity index (χ4v) is 4.13. The van der Waals surface area contributed by atoms with Crippen molar-refractivity contribution in [2.24, 2.45) is 7.05 Å². The van der Waals surface area contributed by atoms with E-state index in [0.717, 1.165) is 9.13 Å². The Morgan fingerprint density at radius 1 is 1.42 bits per heavy atom. The zero-order chi connectivity index (χ0) is 22.7. The van der Waals surface area contributed by atoms with E-state index in [2.05, 4.69) is 53.6 Å². The van der Waals surface area contributed by atoms with Crippen LogP contribution in [0.5, 0.6) is 11.6 Å². The van der Waals surface area contributed by atoms with E-state index < -0.39 is 6.10 Å². The van der Waals surface area contributed by atoms with Gasteiger partial charge in [-0.05, 0) is 63.6 Å². The molecule has 3 rings (SSSR count). The molecule has 2 N–H and O–H groups in total. The smallest absolute Gasteiger partial charge is 0.276 e. The Morgan fingerprint density at radius 2 is 2.16 bits per heavy atom. The molecule has 11 heteroatoms. The highest BCUT2D eigenvalue weighted by molar-refractivity contribution is 14.1. The number of hydrogen-bond donors (Lipinski definition) is 1. The lowest BCUT2D eigenvalue weighted by molar-refractivity contribution is 0.0769. The second-order valence-corrected chi connectivity index (χ2v) is 8.83. The summed E-state index contributed by atoms with van der Waals surface area (Å²) in [5, 5.41) is 4.40. The first-order chi connectivity index (χ1) is 14.7. The number of amides is 1. The van der Waals surface area contributed by atoms with Crippen LogP contribution in [-0.4, -0.2) is 44.7 Å². The van der Waals surface area contributed by atoms with Gasteiger partial charge in [-0.3, -0.25) is 4.79 Å². The molecule has 0 saturated carbocycles. The average molecular weight is 601 g/mol. The Morgan fingerprint density at radius 3 is 2.84 bits per heavy atom. The average Bonchev–Trinajstić information content (AvgIpc) is 3.01. The molecule has 3 aromatic rings. The lowest BCUT2D eigenvalue weighted by atomic mass is 10.1. The minimum absolute atomic E-state index is 0.202. The molecule has 0 aliphatic rings. The molecule has 1 atom stereocenters. The third-order valence-electron chi connectivity index (χ3n) is 4.56. The zero-order valence-electron chi connectivity index (χ0n) is 17.5. The number of nitrogens with zero attached hydrogens (tertiary/aromatic N) is 5. The van der Waals surface area contributed by atoms with Gasteiger partial charge in [-0.15, -0.1) is 0 Å². The van der Waals surface area contributed by atoms with Crippen LogP contribution in [0.15, 0.2) is 35.1 Å². The van der Waals surface area contributed by atoms with Gasteiger partial charge in [-0.1, -0.05) is 0 Å². The molecule has 3 aromatic heterocycles. The molecule has 0 saturated heterocycles. The summed E-state index contributed by atoms with van der Waals surface area (Å²) >= 11 is 5.64. The van der Waals surface area contributed by atoms with Gasteiger partial charge in [0, 0.05) is 35.6 Å². The van der Waals surface area contributed by atoms with Crippen LogP contribution in [0, 0.1) is 3.57 Å². The molecule has 0 aromatic carbocycles. The predicted molar refractivity (Wildman–Crippen MR) is 128 cm³/mol. The van der Waals surface area contributed by atoms with Crippen molar-refractivity contribution >= 4 is 50.2 Å². The van der Waals surface area contributed by atoms with E-state index in [1.807, 2.05) is 13.0 Å². The maximum Gasteiger partial charge on any atom is 0.276 e. The van der Waals surface area contributed by atoms with Crippen molar-refractivity contribution in [1.82, 2.24) is 24.6 Å². The van der Waals surface area contributed by atoms with Gasteiger partial charge in [0.2, 0.25) is 5.88 Å². The molecule has 1 unspecified atom stereocenters. The minimum Gasteiger partial charge on any atom is -0.483 e. The molecule has 31 heavy (non-hydrogen) atoms. The SMILES string of the molecule is COc1c(Br)c(CN(C)C(=O)c2ncccc2OC(C)c2cc(I)cnc2N)nn1C. The number of nitrogen functional groups attached to an aromatic ring is 1. The highest BCUT2D eigenvalue weighted by Crippen LogP contribution is 2.30. The molecular weight excluding hydrogens is 579 g/mol. The van der Waals surface area contributed by atoms with Crippen LogP contribution in [-0.2, 0) is 13.6 Å². The molecule has 9 nitrogen and oxygen atoms in total. The number of ether oxygens (including phenoxy) is 2. The van der Waals surface area contributed by atoms with Crippen molar-refractivity contribution in [3.8, 4) is 11.6 Å². The first-order valence-electron chi connectivity index (χ1n) is 9.26. The Kier molecular flexibility index (Phi) is 7.36. The van der Waals surface area contributed by atoms with E-state index in [4.69, 9.17) is 15.2 Å². The summed E-state index contributed by atoms with van der Waals surface area (Å²) in [6, 6.07) is 5.33. The number of halogens is 2. The number of aromatic nitrogens is 4.